The average molecular weight is 232 g/mol. The number of hydrogen-bond donors (Lipinski definition) is 0. The summed E-state index contributed by atoms with van der Waals surface area (Å²) in [4.78, 5) is 11.3. The summed E-state index contributed by atoms with van der Waals surface area (Å²) in [6, 6.07) is 10.2. The summed E-state index contributed by atoms with van der Waals surface area (Å²) in [5.41, 5.74) is 0.358. The molecule has 1 aromatic heterocycles. The van der Waals surface area contributed by atoms with Gasteiger partial charge in [-0.2, -0.15) is 0 Å². The summed E-state index contributed by atoms with van der Waals surface area (Å²) in [5.74, 6) is 1.70. The van der Waals surface area contributed by atoms with Crippen molar-refractivity contribution in [2.24, 2.45) is 0 Å². The Labute approximate surface area is 98.4 Å². The number of hydrogen-bond acceptors (Lipinski definition) is 4. The van der Waals surface area contributed by atoms with Crippen LogP contribution in [0.5, 0.6) is 11.5 Å². The van der Waals surface area contributed by atoms with E-state index in [-0.39, 0.29) is 0 Å². The first-order chi connectivity index (χ1) is 8.22. The third kappa shape index (κ3) is 2.47. The third-order valence-corrected chi connectivity index (χ3v) is 2.35. The summed E-state index contributed by atoms with van der Waals surface area (Å²) in [7, 11) is 3.10. The molecule has 0 amide bonds. The van der Waals surface area contributed by atoms with Crippen molar-refractivity contribution < 1.29 is 13.9 Å². The van der Waals surface area contributed by atoms with Gasteiger partial charge in [0.1, 0.15) is 17.3 Å². The van der Waals surface area contributed by atoms with Crippen LogP contribution in [-0.4, -0.2) is 14.2 Å². The van der Waals surface area contributed by atoms with Crippen LogP contribution in [0.1, 0.15) is 0 Å². The van der Waals surface area contributed by atoms with E-state index in [4.69, 9.17) is 13.9 Å². The van der Waals surface area contributed by atoms with Crippen LogP contribution in [0.25, 0.3) is 11.3 Å². The largest absolute Gasteiger partial charge is 0.497 e. The van der Waals surface area contributed by atoms with Crippen molar-refractivity contribution in [2.45, 2.75) is 0 Å². The molecule has 4 heteroatoms. The molecule has 0 atom stereocenters. The van der Waals surface area contributed by atoms with Crippen molar-refractivity contribution >= 4 is 0 Å². The van der Waals surface area contributed by atoms with Gasteiger partial charge >= 0.3 is 5.63 Å². The predicted molar refractivity (Wildman–Crippen MR) is 63.5 cm³/mol. The minimum atomic E-state index is -0.435. The summed E-state index contributed by atoms with van der Waals surface area (Å²) in [6.07, 6.45) is 0. The van der Waals surface area contributed by atoms with Gasteiger partial charge in [0, 0.05) is 11.6 Å². The molecule has 0 aliphatic carbocycles. The lowest BCUT2D eigenvalue weighted by molar-refractivity contribution is 0.404. The van der Waals surface area contributed by atoms with E-state index in [9.17, 15) is 4.79 Å². The fourth-order valence-electron chi connectivity index (χ4n) is 1.47. The Hall–Kier alpha value is -2.23. The molecule has 4 nitrogen and oxygen atoms in total. The molecule has 2 aromatic rings. The molecule has 0 spiro atoms. The maximum atomic E-state index is 11.3. The highest BCUT2D eigenvalue weighted by Gasteiger charge is 2.05. The highest BCUT2D eigenvalue weighted by atomic mass is 16.5. The fourth-order valence-corrected chi connectivity index (χ4v) is 1.47. The van der Waals surface area contributed by atoms with Gasteiger partial charge < -0.3 is 13.9 Å². The van der Waals surface area contributed by atoms with Crippen molar-refractivity contribution in [3.8, 4) is 22.8 Å². The molecule has 0 aliphatic rings. The second-order valence-corrected chi connectivity index (χ2v) is 3.41. The smallest absolute Gasteiger partial charge is 0.339 e. The molecule has 0 saturated carbocycles. The van der Waals surface area contributed by atoms with Crippen LogP contribution in [0, 0.1) is 0 Å². The molecular formula is C13H12O4. The quantitative estimate of drug-likeness (QED) is 0.814. The van der Waals surface area contributed by atoms with Crippen molar-refractivity contribution in [3.63, 3.8) is 0 Å². The van der Waals surface area contributed by atoms with Crippen LogP contribution in [0.15, 0.2) is 45.6 Å². The predicted octanol–water partition coefficient (Wildman–Crippen LogP) is 2.32. The normalized spacial score (nSPS) is 10.0. The monoisotopic (exact) mass is 232 g/mol. The van der Waals surface area contributed by atoms with E-state index in [2.05, 4.69) is 0 Å². The third-order valence-electron chi connectivity index (χ3n) is 2.35. The van der Waals surface area contributed by atoms with E-state index in [1.54, 1.807) is 25.3 Å². The summed E-state index contributed by atoms with van der Waals surface area (Å²) in [5, 5.41) is 0. The first-order valence-corrected chi connectivity index (χ1v) is 5.06. The van der Waals surface area contributed by atoms with Crippen LogP contribution in [0.2, 0.25) is 0 Å². The second-order valence-electron chi connectivity index (χ2n) is 3.41. The number of ether oxygens (including phenoxy) is 2. The fraction of sp³-hybridized carbons (Fsp3) is 0.154. The summed E-state index contributed by atoms with van der Waals surface area (Å²) < 4.78 is 15.2. The molecular weight excluding hydrogens is 220 g/mol. The second kappa shape index (κ2) is 4.74. The van der Waals surface area contributed by atoms with Gasteiger partial charge in [-0.25, -0.2) is 4.79 Å². The number of methoxy groups -OCH3 is 2. The van der Waals surface area contributed by atoms with Gasteiger partial charge in [0.05, 0.1) is 20.3 Å². The van der Waals surface area contributed by atoms with Crippen LogP contribution in [0.3, 0.4) is 0 Å². The van der Waals surface area contributed by atoms with Gasteiger partial charge in [0.15, 0.2) is 0 Å². The van der Waals surface area contributed by atoms with Gasteiger partial charge in [-0.15, -0.1) is 0 Å². The average Bonchev–Trinajstić information content (AvgIpc) is 2.38. The zero-order chi connectivity index (χ0) is 12.3. The van der Waals surface area contributed by atoms with E-state index in [0.29, 0.717) is 11.5 Å². The van der Waals surface area contributed by atoms with E-state index >= 15 is 0 Å². The maximum absolute atomic E-state index is 11.3. The van der Waals surface area contributed by atoms with E-state index in [0.717, 1.165) is 11.3 Å². The van der Waals surface area contributed by atoms with Crippen LogP contribution >= 0.6 is 0 Å². The van der Waals surface area contributed by atoms with E-state index in [1.807, 2.05) is 12.1 Å². The van der Waals surface area contributed by atoms with Gasteiger partial charge in [-0.1, -0.05) is 0 Å². The van der Waals surface area contributed by atoms with Crippen molar-refractivity contribution in [2.75, 3.05) is 14.2 Å². The lowest BCUT2D eigenvalue weighted by Crippen LogP contribution is -1.99. The molecule has 1 aromatic carbocycles. The Kier molecular flexibility index (Phi) is 3.14. The first-order valence-electron chi connectivity index (χ1n) is 5.06. The molecule has 0 aliphatic heterocycles. The zero-order valence-electron chi connectivity index (χ0n) is 9.60. The topological polar surface area (TPSA) is 48.7 Å². The van der Waals surface area contributed by atoms with Gasteiger partial charge in [-0.05, 0) is 24.3 Å². The van der Waals surface area contributed by atoms with Gasteiger partial charge in [-0.3, -0.25) is 0 Å². The van der Waals surface area contributed by atoms with Crippen LogP contribution < -0.4 is 15.1 Å². The first kappa shape index (κ1) is 11.3. The number of rotatable bonds is 3. The van der Waals surface area contributed by atoms with Crippen molar-refractivity contribution in [1.82, 2.24) is 0 Å². The maximum Gasteiger partial charge on any atom is 0.339 e. The van der Waals surface area contributed by atoms with Crippen molar-refractivity contribution in [1.29, 1.82) is 0 Å². The Morgan fingerprint density at radius 2 is 1.59 bits per heavy atom. The van der Waals surface area contributed by atoms with Gasteiger partial charge in [0.25, 0.3) is 0 Å². The van der Waals surface area contributed by atoms with Gasteiger partial charge in [0.2, 0.25) is 0 Å². The molecule has 0 bridgehead atoms. The van der Waals surface area contributed by atoms with E-state index in [1.165, 1.54) is 13.2 Å². The van der Waals surface area contributed by atoms with Crippen LogP contribution in [-0.2, 0) is 0 Å². The molecule has 0 saturated heterocycles. The standard InChI is InChI=1S/C13H12O4/c1-15-10-5-3-9(4-6-10)12-7-11(16-2)8-13(14)17-12/h3-8H,1-2H3. The van der Waals surface area contributed by atoms with E-state index < -0.39 is 5.63 Å². The lowest BCUT2D eigenvalue weighted by atomic mass is 10.1. The Morgan fingerprint density at radius 1 is 0.941 bits per heavy atom. The Balaban J connectivity index is 2.44. The summed E-state index contributed by atoms with van der Waals surface area (Å²) >= 11 is 0. The minimum absolute atomic E-state index is 0.435. The highest BCUT2D eigenvalue weighted by Crippen LogP contribution is 2.23. The molecule has 0 N–H and O–H groups in total. The Bertz CT molecular complexity index is 554. The molecule has 0 radical (unpaired) electrons. The molecule has 0 unspecified atom stereocenters. The SMILES string of the molecule is COc1ccc(-c2cc(OC)cc(=O)o2)cc1. The Morgan fingerprint density at radius 3 is 2.18 bits per heavy atom. The zero-order valence-corrected chi connectivity index (χ0v) is 9.60. The molecule has 17 heavy (non-hydrogen) atoms. The van der Waals surface area contributed by atoms with Crippen LogP contribution in [0.4, 0.5) is 0 Å². The molecule has 0 fully saturated rings. The lowest BCUT2D eigenvalue weighted by Gasteiger charge is -2.04. The molecule has 88 valence electrons. The minimum Gasteiger partial charge on any atom is -0.497 e. The molecule has 2 rings (SSSR count). The number of benzene rings is 1. The summed E-state index contributed by atoms with van der Waals surface area (Å²) in [6.45, 7) is 0. The molecule has 1 heterocycles. The van der Waals surface area contributed by atoms with Crippen molar-refractivity contribution in [3.05, 3.63) is 46.8 Å². The highest BCUT2D eigenvalue weighted by molar-refractivity contribution is 5.59.